The van der Waals surface area contributed by atoms with Gasteiger partial charge in [0.25, 0.3) is 0 Å². The molecular weight excluding hydrogens is 332 g/mol. The molecule has 2 unspecified atom stereocenters. The second-order valence-electron chi connectivity index (χ2n) is 5.54. The van der Waals surface area contributed by atoms with Gasteiger partial charge >= 0.3 is 12.0 Å². The molecule has 0 spiro atoms. The van der Waals surface area contributed by atoms with E-state index >= 15 is 0 Å². The van der Waals surface area contributed by atoms with Gasteiger partial charge in [-0.2, -0.15) is 0 Å². The molecule has 3 rings (SSSR count). The lowest BCUT2D eigenvalue weighted by atomic mass is 10.1. The molecule has 0 bridgehead atoms. The number of aliphatic carboxylic acids is 1. The van der Waals surface area contributed by atoms with Gasteiger partial charge in [-0.25, -0.2) is 9.59 Å². The van der Waals surface area contributed by atoms with Crippen LogP contribution in [0.3, 0.4) is 0 Å². The van der Waals surface area contributed by atoms with Crippen molar-refractivity contribution < 1.29 is 19.5 Å². The molecule has 0 saturated carbocycles. The van der Waals surface area contributed by atoms with Gasteiger partial charge in [0.2, 0.25) is 5.91 Å². The Morgan fingerprint density at radius 2 is 2.12 bits per heavy atom. The van der Waals surface area contributed by atoms with Crippen molar-refractivity contribution in [2.45, 2.75) is 23.7 Å². The highest BCUT2D eigenvalue weighted by Gasteiger charge is 2.50. The summed E-state index contributed by atoms with van der Waals surface area (Å²) < 4.78 is 0. The number of carboxylic acid groups (broad SMARTS) is 1. The number of benzene rings is 1. The summed E-state index contributed by atoms with van der Waals surface area (Å²) in [7, 11) is 0. The molecule has 24 heavy (non-hydrogen) atoms. The molecule has 1 fully saturated rings. The Morgan fingerprint density at radius 3 is 2.79 bits per heavy atom. The Bertz CT molecular complexity index is 751. The van der Waals surface area contributed by atoms with Gasteiger partial charge in [0.05, 0.1) is 5.57 Å². The topological polar surface area (TPSA) is 125 Å². The fraction of sp³-hybridized carbons (Fsp3) is 0.267. The fourth-order valence-electron chi connectivity index (χ4n) is 2.52. The molecular formula is C15H16N4O4S. The van der Waals surface area contributed by atoms with Crippen molar-refractivity contribution in [3.63, 3.8) is 0 Å². The lowest BCUT2D eigenvalue weighted by Gasteiger charge is -2.47. The van der Waals surface area contributed by atoms with Crippen molar-refractivity contribution in [1.82, 2.24) is 10.2 Å². The van der Waals surface area contributed by atoms with Crippen molar-refractivity contribution in [2.24, 2.45) is 5.73 Å². The van der Waals surface area contributed by atoms with E-state index in [-0.39, 0.29) is 16.9 Å². The molecule has 126 valence electrons. The summed E-state index contributed by atoms with van der Waals surface area (Å²) in [4.78, 5) is 36.4. The lowest BCUT2D eigenvalue weighted by molar-refractivity contribution is -0.140. The molecule has 0 aliphatic carbocycles. The number of hydrogen-bond donors (Lipinski definition) is 4. The molecule has 2 heterocycles. The van der Waals surface area contributed by atoms with Crippen LogP contribution in [0.15, 0.2) is 36.0 Å². The van der Waals surface area contributed by atoms with Gasteiger partial charge in [-0.15, -0.1) is 11.8 Å². The van der Waals surface area contributed by atoms with E-state index in [4.69, 9.17) is 5.73 Å². The molecule has 3 atom stereocenters. The van der Waals surface area contributed by atoms with E-state index in [0.29, 0.717) is 5.69 Å². The maximum atomic E-state index is 12.1. The zero-order chi connectivity index (χ0) is 17.4. The number of β-lactam (4-membered cyclic amide) rings is 1. The highest BCUT2D eigenvalue weighted by atomic mass is 32.2. The van der Waals surface area contributed by atoms with Crippen LogP contribution >= 0.6 is 11.8 Å². The van der Waals surface area contributed by atoms with Gasteiger partial charge in [-0.3, -0.25) is 4.79 Å². The maximum Gasteiger partial charge on any atom is 0.336 e. The molecule has 1 aromatic rings. The van der Waals surface area contributed by atoms with Crippen LogP contribution < -0.4 is 16.4 Å². The second kappa shape index (κ2) is 6.17. The number of nitrogens with one attached hydrogen (secondary N) is 2. The number of fused-ring (bicyclic) bond motifs is 1. The predicted molar refractivity (Wildman–Crippen MR) is 89.0 cm³/mol. The highest BCUT2D eigenvalue weighted by Crippen LogP contribution is 2.38. The molecule has 1 aromatic carbocycles. The first kappa shape index (κ1) is 16.3. The van der Waals surface area contributed by atoms with Crippen LogP contribution in [0.1, 0.15) is 5.56 Å². The smallest absolute Gasteiger partial charge is 0.336 e. The molecule has 0 aromatic heterocycles. The summed E-state index contributed by atoms with van der Waals surface area (Å²) in [6.45, 7) is 1.90. The third-order valence-electron chi connectivity index (χ3n) is 3.74. The summed E-state index contributed by atoms with van der Waals surface area (Å²) in [5, 5.41) is 13.4. The third-order valence-corrected chi connectivity index (χ3v) is 5.19. The van der Waals surface area contributed by atoms with Gasteiger partial charge in [-0.1, -0.05) is 12.1 Å². The quantitative estimate of drug-likeness (QED) is 0.595. The number of urea groups is 1. The summed E-state index contributed by atoms with van der Waals surface area (Å²) in [5.41, 5.74) is 7.23. The van der Waals surface area contributed by atoms with Gasteiger partial charge < -0.3 is 26.4 Å². The Morgan fingerprint density at radius 1 is 1.38 bits per heavy atom. The minimum Gasteiger partial charge on any atom is -0.478 e. The van der Waals surface area contributed by atoms with Crippen LogP contribution in [0.2, 0.25) is 0 Å². The molecule has 3 amide bonds. The number of amides is 3. The highest BCUT2D eigenvalue weighted by molar-refractivity contribution is 8.00. The number of carbonyl (C=O) groups excluding carboxylic acids is 2. The van der Waals surface area contributed by atoms with E-state index in [9.17, 15) is 19.5 Å². The van der Waals surface area contributed by atoms with Crippen LogP contribution in [-0.2, 0) is 9.59 Å². The fourth-order valence-corrected chi connectivity index (χ4v) is 3.86. The van der Waals surface area contributed by atoms with E-state index in [1.165, 1.54) is 11.1 Å². The van der Waals surface area contributed by atoms with Crippen molar-refractivity contribution >= 4 is 35.4 Å². The van der Waals surface area contributed by atoms with Crippen LogP contribution in [-0.4, -0.2) is 44.7 Å². The van der Waals surface area contributed by atoms with Gasteiger partial charge in [0.1, 0.15) is 16.8 Å². The van der Waals surface area contributed by atoms with E-state index in [0.717, 1.165) is 17.3 Å². The first-order valence-electron chi connectivity index (χ1n) is 7.19. The lowest BCUT2D eigenvalue weighted by Crippen LogP contribution is -2.67. The zero-order valence-electron chi connectivity index (χ0n) is 12.7. The normalized spacial score (nSPS) is 25.2. The number of nitrogens with zero attached hydrogens (tertiary/aromatic N) is 1. The van der Waals surface area contributed by atoms with Crippen molar-refractivity contribution in [3.05, 3.63) is 41.6 Å². The van der Waals surface area contributed by atoms with E-state index in [1.54, 1.807) is 18.2 Å². The minimum atomic E-state index is -1.20. The van der Waals surface area contributed by atoms with E-state index < -0.39 is 23.4 Å². The van der Waals surface area contributed by atoms with E-state index in [1.807, 2.05) is 13.0 Å². The van der Waals surface area contributed by atoms with Crippen LogP contribution in [0.25, 0.3) is 0 Å². The Hall–Kier alpha value is -2.52. The molecule has 2 aliphatic heterocycles. The largest absolute Gasteiger partial charge is 0.478 e. The van der Waals surface area contributed by atoms with Gasteiger partial charge in [0.15, 0.2) is 0 Å². The van der Waals surface area contributed by atoms with Gasteiger partial charge in [0, 0.05) is 11.9 Å². The number of carbonyl (C=O) groups is 3. The Labute approximate surface area is 142 Å². The second-order valence-corrected chi connectivity index (χ2v) is 6.76. The van der Waals surface area contributed by atoms with Crippen molar-refractivity contribution in [3.8, 4) is 0 Å². The first-order chi connectivity index (χ1) is 11.4. The number of thioether (sulfide) groups is 1. The van der Waals surface area contributed by atoms with Crippen LogP contribution in [0.4, 0.5) is 10.5 Å². The number of hydrogen-bond acceptors (Lipinski definition) is 5. The van der Waals surface area contributed by atoms with E-state index in [2.05, 4.69) is 10.6 Å². The summed E-state index contributed by atoms with van der Waals surface area (Å²) in [5.74, 6) is -1.52. The predicted octanol–water partition coefficient (Wildman–Crippen LogP) is 0.654. The molecule has 2 aliphatic rings. The molecule has 0 radical (unpaired) electrons. The van der Waals surface area contributed by atoms with Crippen LogP contribution in [0, 0.1) is 6.92 Å². The average Bonchev–Trinajstić information content (AvgIpc) is 2.53. The van der Waals surface area contributed by atoms with Gasteiger partial charge in [-0.05, 0) is 24.6 Å². The summed E-state index contributed by atoms with van der Waals surface area (Å²) in [6, 6.07) is 6.01. The molecule has 8 nitrogen and oxygen atoms in total. The Balaban J connectivity index is 1.72. The molecule has 5 N–H and O–H groups in total. The maximum absolute atomic E-state index is 12.1. The first-order valence-corrected chi connectivity index (χ1v) is 8.13. The summed E-state index contributed by atoms with van der Waals surface area (Å²) >= 11 is 1.13. The van der Waals surface area contributed by atoms with Crippen molar-refractivity contribution in [1.29, 1.82) is 0 Å². The Kier molecular flexibility index (Phi) is 4.20. The molecule has 9 heteroatoms. The minimum absolute atomic E-state index is 0.0732. The SMILES string of the molecule is Cc1cccc(NC(=O)NC2S[C@@H]3C(N)C(=O)N3C=C2C(=O)O)c1. The summed E-state index contributed by atoms with van der Waals surface area (Å²) in [6.07, 6.45) is 1.24. The molecule has 1 saturated heterocycles. The van der Waals surface area contributed by atoms with Crippen LogP contribution in [0.5, 0.6) is 0 Å². The standard InChI is InChI=1S/C15H16N4O4S/c1-7-3-2-4-8(5-7)17-15(23)18-11-9(14(21)22)6-19-12(20)10(16)13(19)24-11/h2-6,10-11,13H,16H2,1H3,(H,21,22)(H2,17,18,23)/t10?,11?,13-/m1/s1. The number of nitrogens with two attached hydrogens (primary N) is 1. The number of rotatable bonds is 3. The van der Waals surface area contributed by atoms with Crippen molar-refractivity contribution in [2.75, 3.05) is 5.32 Å². The number of carboxylic acids is 1. The monoisotopic (exact) mass is 348 g/mol. The number of aryl methyl sites for hydroxylation is 1. The number of anilines is 1. The average molecular weight is 348 g/mol. The zero-order valence-corrected chi connectivity index (χ0v) is 13.5. The third kappa shape index (κ3) is 2.95.